The van der Waals surface area contributed by atoms with E-state index in [9.17, 15) is 4.79 Å². The normalized spacial score (nSPS) is 14.3. The third-order valence-corrected chi connectivity index (χ3v) is 5.14. The molecular formula is C22H24N4O. The summed E-state index contributed by atoms with van der Waals surface area (Å²) >= 11 is 0. The van der Waals surface area contributed by atoms with E-state index in [0.717, 1.165) is 48.4 Å². The first-order chi connectivity index (χ1) is 13.1. The number of aryl methyl sites for hydroxylation is 1. The predicted molar refractivity (Wildman–Crippen MR) is 108 cm³/mol. The summed E-state index contributed by atoms with van der Waals surface area (Å²) in [7, 11) is 0. The Morgan fingerprint density at radius 3 is 2.48 bits per heavy atom. The number of carbonyl (C=O) groups excluding carboxylic acids is 1. The maximum atomic E-state index is 12.9. The average Bonchev–Trinajstić information content (AvgIpc) is 3.03. The van der Waals surface area contributed by atoms with Gasteiger partial charge in [0.05, 0.1) is 11.4 Å². The number of aromatic nitrogens is 2. The van der Waals surface area contributed by atoms with Crippen molar-refractivity contribution >= 4 is 11.7 Å². The van der Waals surface area contributed by atoms with E-state index in [2.05, 4.69) is 5.10 Å². The van der Waals surface area contributed by atoms with Crippen molar-refractivity contribution in [1.82, 2.24) is 14.7 Å². The highest BCUT2D eigenvalue weighted by molar-refractivity contribution is 5.96. The number of piperidine rings is 1. The zero-order valence-electron chi connectivity index (χ0n) is 15.6. The topological polar surface area (TPSA) is 64.2 Å². The molecular weight excluding hydrogens is 336 g/mol. The molecule has 3 aromatic rings. The van der Waals surface area contributed by atoms with Gasteiger partial charge in [0.2, 0.25) is 0 Å². The average molecular weight is 360 g/mol. The van der Waals surface area contributed by atoms with Crippen LogP contribution in [0.15, 0.2) is 54.6 Å². The Bertz CT molecular complexity index is 956. The number of hydrogen-bond acceptors (Lipinski definition) is 3. The lowest BCUT2D eigenvalue weighted by molar-refractivity contribution is 0.0724. The number of hydrogen-bond donors (Lipinski definition) is 1. The molecule has 138 valence electrons. The Morgan fingerprint density at radius 1 is 1.00 bits per heavy atom. The summed E-state index contributed by atoms with van der Waals surface area (Å²) in [6.45, 7) is 3.64. The van der Waals surface area contributed by atoms with Crippen molar-refractivity contribution in [2.45, 2.75) is 26.2 Å². The third-order valence-electron chi connectivity index (χ3n) is 5.14. The second-order valence-electron chi connectivity index (χ2n) is 7.03. The van der Waals surface area contributed by atoms with Gasteiger partial charge in [0, 0.05) is 24.2 Å². The highest BCUT2D eigenvalue weighted by atomic mass is 16.2. The Hall–Kier alpha value is -3.08. The fraction of sp³-hybridized carbons (Fsp3) is 0.273. The molecule has 0 spiro atoms. The first-order valence-corrected chi connectivity index (χ1v) is 9.45. The SMILES string of the molecule is Cc1nn(-c2ccccc2)c(N)c1-c1cccc(C(=O)N2CCCCC2)c1. The van der Waals surface area contributed by atoms with Crippen LogP contribution in [0.4, 0.5) is 5.82 Å². The maximum Gasteiger partial charge on any atom is 0.253 e. The molecule has 27 heavy (non-hydrogen) atoms. The van der Waals surface area contributed by atoms with E-state index in [4.69, 9.17) is 5.73 Å². The van der Waals surface area contributed by atoms with E-state index >= 15 is 0 Å². The maximum absolute atomic E-state index is 12.9. The lowest BCUT2D eigenvalue weighted by Crippen LogP contribution is -2.35. The van der Waals surface area contributed by atoms with Gasteiger partial charge in [-0.15, -0.1) is 0 Å². The van der Waals surface area contributed by atoms with Gasteiger partial charge >= 0.3 is 0 Å². The standard InChI is InChI=1S/C22H24N4O/c1-16-20(21(23)26(24-16)19-11-4-2-5-12-19)17-9-8-10-18(15-17)22(27)25-13-6-3-7-14-25/h2,4-5,8-12,15H,3,6-7,13-14,23H2,1H3. The Morgan fingerprint density at radius 2 is 1.74 bits per heavy atom. The number of carbonyl (C=O) groups is 1. The number of rotatable bonds is 3. The van der Waals surface area contributed by atoms with Crippen molar-refractivity contribution in [3.8, 4) is 16.8 Å². The van der Waals surface area contributed by atoms with Gasteiger partial charge in [-0.25, -0.2) is 4.68 Å². The molecule has 0 unspecified atom stereocenters. The number of amides is 1. The molecule has 0 atom stereocenters. The first kappa shape index (κ1) is 17.3. The number of para-hydroxylation sites is 1. The molecule has 5 nitrogen and oxygen atoms in total. The summed E-state index contributed by atoms with van der Waals surface area (Å²) in [6, 6.07) is 17.6. The summed E-state index contributed by atoms with van der Waals surface area (Å²) in [6.07, 6.45) is 3.38. The third kappa shape index (κ3) is 3.33. The molecule has 1 saturated heterocycles. The van der Waals surface area contributed by atoms with Crippen LogP contribution in [0.3, 0.4) is 0 Å². The zero-order valence-corrected chi connectivity index (χ0v) is 15.6. The van der Waals surface area contributed by atoms with Crippen LogP contribution in [0.5, 0.6) is 0 Å². The van der Waals surface area contributed by atoms with Gasteiger partial charge in [-0.2, -0.15) is 5.10 Å². The van der Waals surface area contributed by atoms with Crippen LogP contribution in [-0.4, -0.2) is 33.7 Å². The molecule has 4 rings (SSSR count). The number of nitrogen functional groups attached to an aromatic ring is 1. The fourth-order valence-electron chi connectivity index (χ4n) is 3.76. The van der Waals surface area contributed by atoms with Crippen molar-refractivity contribution in [3.63, 3.8) is 0 Å². The van der Waals surface area contributed by atoms with Gasteiger partial charge in [-0.1, -0.05) is 30.3 Å². The highest BCUT2D eigenvalue weighted by Gasteiger charge is 2.20. The lowest BCUT2D eigenvalue weighted by Gasteiger charge is -2.26. The number of benzene rings is 2. The van der Waals surface area contributed by atoms with E-state index in [-0.39, 0.29) is 5.91 Å². The Balaban J connectivity index is 1.70. The minimum atomic E-state index is 0.100. The molecule has 2 N–H and O–H groups in total. The van der Waals surface area contributed by atoms with Crippen molar-refractivity contribution in [3.05, 3.63) is 65.9 Å². The summed E-state index contributed by atoms with van der Waals surface area (Å²) in [5.74, 6) is 0.685. The van der Waals surface area contributed by atoms with Gasteiger partial charge in [-0.05, 0) is 56.0 Å². The highest BCUT2D eigenvalue weighted by Crippen LogP contribution is 2.32. The second kappa shape index (κ2) is 7.27. The van der Waals surface area contributed by atoms with Crippen LogP contribution in [-0.2, 0) is 0 Å². The molecule has 1 aliphatic rings. The number of nitrogens with zero attached hydrogens (tertiary/aromatic N) is 3. The number of anilines is 1. The summed E-state index contributed by atoms with van der Waals surface area (Å²) in [5, 5.41) is 4.62. The van der Waals surface area contributed by atoms with Crippen LogP contribution in [0.1, 0.15) is 35.3 Å². The molecule has 2 heterocycles. The monoisotopic (exact) mass is 360 g/mol. The molecule has 1 fully saturated rings. The quantitative estimate of drug-likeness (QED) is 0.766. The molecule has 1 aromatic heterocycles. The van der Waals surface area contributed by atoms with E-state index in [1.807, 2.05) is 66.4 Å². The summed E-state index contributed by atoms with van der Waals surface area (Å²) < 4.78 is 1.75. The first-order valence-electron chi connectivity index (χ1n) is 9.45. The Labute approximate surface area is 159 Å². The van der Waals surface area contributed by atoms with Crippen LogP contribution in [0.2, 0.25) is 0 Å². The van der Waals surface area contributed by atoms with Gasteiger partial charge in [0.1, 0.15) is 5.82 Å². The van der Waals surface area contributed by atoms with E-state index in [1.54, 1.807) is 4.68 Å². The zero-order chi connectivity index (χ0) is 18.8. The van der Waals surface area contributed by atoms with Crippen molar-refractivity contribution in [2.24, 2.45) is 0 Å². The van der Waals surface area contributed by atoms with Crippen molar-refractivity contribution in [1.29, 1.82) is 0 Å². The largest absolute Gasteiger partial charge is 0.383 e. The van der Waals surface area contributed by atoms with E-state index < -0.39 is 0 Å². The van der Waals surface area contributed by atoms with Crippen LogP contribution in [0, 0.1) is 6.92 Å². The Kier molecular flexibility index (Phi) is 4.67. The van der Waals surface area contributed by atoms with Crippen LogP contribution < -0.4 is 5.73 Å². The van der Waals surface area contributed by atoms with Crippen LogP contribution >= 0.6 is 0 Å². The van der Waals surface area contributed by atoms with Crippen molar-refractivity contribution in [2.75, 3.05) is 18.8 Å². The fourth-order valence-corrected chi connectivity index (χ4v) is 3.76. The molecule has 2 aromatic carbocycles. The van der Waals surface area contributed by atoms with E-state index in [0.29, 0.717) is 11.4 Å². The number of nitrogens with two attached hydrogens (primary N) is 1. The molecule has 0 bridgehead atoms. The summed E-state index contributed by atoms with van der Waals surface area (Å²) in [4.78, 5) is 14.8. The molecule has 0 saturated carbocycles. The van der Waals surface area contributed by atoms with Gasteiger partial charge in [-0.3, -0.25) is 4.79 Å². The van der Waals surface area contributed by atoms with E-state index in [1.165, 1.54) is 6.42 Å². The number of likely N-dealkylation sites (tertiary alicyclic amines) is 1. The predicted octanol–water partition coefficient (Wildman–Crippen LogP) is 4.06. The molecule has 0 radical (unpaired) electrons. The minimum absolute atomic E-state index is 0.100. The van der Waals surface area contributed by atoms with Gasteiger partial charge < -0.3 is 10.6 Å². The van der Waals surface area contributed by atoms with Gasteiger partial charge in [0.25, 0.3) is 5.91 Å². The smallest absolute Gasteiger partial charge is 0.253 e. The minimum Gasteiger partial charge on any atom is -0.383 e. The molecule has 5 heteroatoms. The van der Waals surface area contributed by atoms with Crippen molar-refractivity contribution < 1.29 is 4.79 Å². The van der Waals surface area contributed by atoms with Gasteiger partial charge in [0.15, 0.2) is 0 Å². The lowest BCUT2D eigenvalue weighted by atomic mass is 10.0. The second-order valence-corrected chi connectivity index (χ2v) is 7.03. The molecule has 1 amide bonds. The van der Waals surface area contributed by atoms with Crippen LogP contribution in [0.25, 0.3) is 16.8 Å². The summed E-state index contributed by atoms with van der Waals surface area (Å²) in [5.41, 5.74) is 10.7. The molecule has 1 aliphatic heterocycles. The molecule has 0 aliphatic carbocycles.